The van der Waals surface area contributed by atoms with Crippen LogP contribution in [0.25, 0.3) is 0 Å². The third kappa shape index (κ3) is 10.7. The molecule has 38 valence electrons. The molecule has 0 atom stereocenters. The molecule has 7 heavy (non-hydrogen) atoms. The van der Waals surface area contributed by atoms with Gasteiger partial charge in [0.15, 0.2) is 0 Å². The summed E-state index contributed by atoms with van der Waals surface area (Å²) in [5.41, 5.74) is 0. The van der Waals surface area contributed by atoms with Crippen LogP contribution in [0.3, 0.4) is 0 Å². The molecule has 1 nitrogen and oxygen atoms in total. The summed E-state index contributed by atoms with van der Waals surface area (Å²) in [5.74, 6) is -0.0787. The van der Waals surface area contributed by atoms with E-state index in [1.54, 1.807) is 0 Å². The van der Waals surface area contributed by atoms with Gasteiger partial charge in [0, 0.05) is 26.2 Å². The molecule has 2 heteroatoms. The molecular weight excluding hydrogens is 167 g/mol. The predicted molar refractivity (Wildman–Crippen MR) is 25.2 cm³/mol. The molecule has 0 aliphatic rings. The molecule has 0 heterocycles. The fourth-order valence-corrected chi connectivity index (χ4v) is 0.161. The van der Waals surface area contributed by atoms with E-state index >= 15 is 0 Å². The first kappa shape index (κ1) is 10.2. The maximum absolute atomic E-state index is 9.86. The summed E-state index contributed by atoms with van der Waals surface area (Å²) in [7, 11) is 0. The summed E-state index contributed by atoms with van der Waals surface area (Å²) in [6.07, 6.45) is 1.93. The van der Waals surface area contributed by atoms with E-state index in [0.29, 0.717) is 6.42 Å². The molecule has 0 radical (unpaired) electrons. The second kappa shape index (κ2) is 6.16. The van der Waals surface area contributed by atoms with Crippen molar-refractivity contribution < 1.29 is 31.0 Å². The Bertz CT molecular complexity index is 68.5. The first-order chi connectivity index (χ1) is 2.77. The average Bonchev–Trinajstić information content (AvgIpc) is 1.35. The third-order valence-corrected chi connectivity index (χ3v) is 0.372. The molecule has 0 unspecified atom stereocenters. The van der Waals surface area contributed by atoms with Gasteiger partial charge >= 0.3 is 0 Å². The van der Waals surface area contributed by atoms with Crippen LogP contribution in [-0.2, 0) is 31.0 Å². The molecule has 0 bridgehead atoms. The Kier molecular flexibility index (Phi) is 8.99. The van der Waals surface area contributed by atoms with Crippen LogP contribution in [0.1, 0.15) is 6.42 Å². The molecule has 0 aliphatic carbocycles. The Morgan fingerprint density at radius 3 is 2.29 bits per heavy atom. The van der Waals surface area contributed by atoms with Crippen LogP contribution in [0.5, 0.6) is 0 Å². The van der Waals surface area contributed by atoms with Crippen molar-refractivity contribution >= 4 is 5.78 Å². The quantitative estimate of drug-likeness (QED) is 0.450. The van der Waals surface area contributed by atoms with Gasteiger partial charge in [0.1, 0.15) is 0 Å². The average molecular weight is 174 g/mol. The van der Waals surface area contributed by atoms with Crippen LogP contribution < -0.4 is 0 Å². The minimum atomic E-state index is -0.0787. The number of Topliss-reactive ketones (excluding diaryl/α,β-unsaturated/α-hetero) is 1. The molecule has 0 aromatic rings. The van der Waals surface area contributed by atoms with E-state index in [2.05, 4.69) is 13.5 Å². The van der Waals surface area contributed by atoms with Gasteiger partial charge in [-0.15, -0.1) is 6.58 Å². The molecule has 0 N–H and O–H groups in total. The van der Waals surface area contributed by atoms with Crippen molar-refractivity contribution in [2.75, 3.05) is 0 Å². The second-order valence-corrected chi connectivity index (χ2v) is 1.03. The minimum absolute atomic E-state index is 0. The van der Waals surface area contributed by atoms with Gasteiger partial charge in [-0.2, -0.15) is 0 Å². The summed E-state index contributed by atoms with van der Waals surface area (Å²) in [6.45, 7) is 6.46. The fraction of sp³-hybridized carbons (Fsp3) is 0.200. The molecule has 0 saturated heterocycles. The van der Waals surface area contributed by atoms with Gasteiger partial charge < -0.3 is 11.7 Å². The zero-order chi connectivity index (χ0) is 4.99. The van der Waals surface area contributed by atoms with Gasteiger partial charge in [0.25, 0.3) is 0 Å². The summed E-state index contributed by atoms with van der Waals surface area (Å²) >= 11 is 0. The van der Waals surface area contributed by atoms with Crippen molar-refractivity contribution in [3.05, 3.63) is 19.6 Å². The molecule has 0 rings (SSSR count). The van der Waals surface area contributed by atoms with Crippen molar-refractivity contribution in [3.8, 4) is 0 Å². The standard InChI is InChI=1S/C5H7O.Zr/c1-3-4-5(2)6;/h3H,1-2,4H2;/q-1;. The second-order valence-electron chi connectivity index (χ2n) is 1.03. The molecular formula is C5H7OZr-. The monoisotopic (exact) mass is 173 g/mol. The number of carbonyl (C=O) groups excluding carboxylic acids is 1. The normalized spacial score (nSPS) is 6.29. The van der Waals surface area contributed by atoms with Crippen molar-refractivity contribution in [2.45, 2.75) is 6.42 Å². The van der Waals surface area contributed by atoms with E-state index in [0.717, 1.165) is 0 Å². The van der Waals surface area contributed by atoms with Gasteiger partial charge in [-0.1, -0.05) is 6.08 Å². The molecule has 0 aromatic heterocycles. The van der Waals surface area contributed by atoms with Gasteiger partial charge in [0.05, 0.1) is 0 Å². The minimum Gasteiger partial charge on any atom is -0.339 e. The number of ketones is 1. The SMILES string of the molecule is C=CCC([CH2-])=O.[Zr]. The van der Waals surface area contributed by atoms with E-state index in [1.807, 2.05) is 0 Å². The van der Waals surface area contributed by atoms with E-state index in [-0.39, 0.29) is 32.0 Å². The van der Waals surface area contributed by atoms with Crippen LogP contribution in [0.15, 0.2) is 12.7 Å². The zero-order valence-corrected chi connectivity index (χ0v) is 6.56. The van der Waals surface area contributed by atoms with Crippen LogP contribution in [-0.4, -0.2) is 5.78 Å². The van der Waals surface area contributed by atoms with E-state index in [1.165, 1.54) is 6.08 Å². The van der Waals surface area contributed by atoms with Crippen LogP contribution in [0, 0.1) is 6.92 Å². The van der Waals surface area contributed by atoms with E-state index in [9.17, 15) is 4.79 Å². The largest absolute Gasteiger partial charge is 0.339 e. The van der Waals surface area contributed by atoms with Crippen molar-refractivity contribution in [1.29, 1.82) is 0 Å². The first-order valence-electron chi connectivity index (χ1n) is 1.73. The fourth-order valence-electron chi connectivity index (χ4n) is 0.161. The number of hydrogen-bond donors (Lipinski definition) is 0. The predicted octanol–water partition coefficient (Wildman–Crippen LogP) is 0.963. The molecule has 0 aliphatic heterocycles. The smallest absolute Gasteiger partial charge is 0 e. The first-order valence-corrected chi connectivity index (χ1v) is 1.73. The Labute approximate surface area is 62.9 Å². The van der Waals surface area contributed by atoms with Crippen molar-refractivity contribution in [1.82, 2.24) is 0 Å². The summed E-state index contributed by atoms with van der Waals surface area (Å²) in [5, 5.41) is 0. The van der Waals surface area contributed by atoms with Crippen molar-refractivity contribution in [3.63, 3.8) is 0 Å². The van der Waals surface area contributed by atoms with Gasteiger partial charge in [-0.25, -0.2) is 0 Å². The van der Waals surface area contributed by atoms with Crippen LogP contribution >= 0.6 is 0 Å². The van der Waals surface area contributed by atoms with E-state index < -0.39 is 0 Å². The van der Waals surface area contributed by atoms with Crippen LogP contribution in [0.2, 0.25) is 0 Å². The number of allylic oxidation sites excluding steroid dienone is 1. The number of hydrogen-bond acceptors (Lipinski definition) is 1. The topological polar surface area (TPSA) is 17.1 Å². The molecule has 0 amide bonds. The Morgan fingerprint density at radius 2 is 2.29 bits per heavy atom. The Hall–Kier alpha value is 0.163. The summed E-state index contributed by atoms with van der Waals surface area (Å²) < 4.78 is 0. The maximum Gasteiger partial charge on any atom is 0 e. The molecule has 0 fully saturated rings. The Balaban J connectivity index is 0. The summed E-state index contributed by atoms with van der Waals surface area (Å²) in [6, 6.07) is 0. The van der Waals surface area contributed by atoms with Gasteiger partial charge in [0.2, 0.25) is 0 Å². The summed E-state index contributed by atoms with van der Waals surface area (Å²) in [4.78, 5) is 9.86. The molecule has 0 saturated carbocycles. The van der Waals surface area contributed by atoms with Crippen molar-refractivity contribution in [2.24, 2.45) is 0 Å². The molecule has 0 aromatic carbocycles. The van der Waals surface area contributed by atoms with E-state index in [4.69, 9.17) is 0 Å². The third-order valence-electron chi connectivity index (χ3n) is 0.372. The maximum atomic E-state index is 9.86. The van der Waals surface area contributed by atoms with Gasteiger partial charge in [-0.05, 0) is 12.2 Å². The number of carbonyl (C=O) groups is 1. The van der Waals surface area contributed by atoms with Crippen LogP contribution in [0.4, 0.5) is 0 Å². The molecule has 0 spiro atoms. The van der Waals surface area contributed by atoms with Gasteiger partial charge in [-0.3, -0.25) is 0 Å². The number of rotatable bonds is 2. The zero-order valence-electron chi connectivity index (χ0n) is 4.11. The Morgan fingerprint density at radius 1 is 1.86 bits per heavy atom.